The highest BCUT2D eigenvalue weighted by molar-refractivity contribution is 7.92. The molecule has 9 heteroatoms. The molecule has 0 unspecified atom stereocenters. The molecule has 0 fully saturated rings. The van der Waals surface area contributed by atoms with Gasteiger partial charge in [-0.25, -0.2) is 13.2 Å². The highest BCUT2D eigenvalue weighted by Gasteiger charge is 2.15. The van der Waals surface area contributed by atoms with E-state index in [1.165, 1.54) is 18.2 Å². The number of amides is 3. The summed E-state index contributed by atoms with van der Waals surface area (Å²) in [6.45, 7) is 0. The van der Waals surface area contributed by atoms with Crippen LogP contribution in [-0.2, 0) is 10.0 Å². The summed E-state index contributed by atoms with van der Waals surface area (Å²) >= 11 is 0. The summed E-state index contributed by atoms with van der Waals surface area (Å²) in [5.74, 6) is -0.434. The van der Waals surface area contributed by atoms with Crippen LogP contribution in [0.1, 0.15) is 10.4 Å². The first-order chi connectivity index (χ1) is 16.9. The summed E-state index contributed by atoms with van der Waals surface area (Å²) < 4.78 is 27.6. The normalized spacial score (nSPS) is 10.7. The zero-order valence-corrected chi connectivity index (χ0v) is 19.3. The zero-order chi connectivity index (χ0) is 24.7. The van der Waals surface area contributed by atoms with Gasteiger partial charge >= 0.3 is 6.03 Å². The molecule has 0 saturated heterocycles. The van der Waals surface area contributed by atoms with E-state index < -0.39 is 22.0 Å². The van der Waals surface area contributed by atoms with Crippen molar-refractivity contribution in [3.63, 3.8) is 0 Å². The van der Waals surface area contributed by atoms with Crippen molar-refractivity contribution in [2.75, 3.05) is 20.7 Å². The van der Waals surface area contributed by atoms with Crippen LogP contribution in [0, 0.1) is 0 Å². The Morgan fingerprint density at radius 3 is 1.80 bits per heavy atom. The van der Waals surface area contributed by atoms with Gasteiger partial charge in [0.2, 0.25) is 0 Å². The minimum atomic E-state index is -3.78. The van der Waals surface area contributed by atoms with E-state index in [9.17, 15) is 18.0 Å². The number of nitrogens with one attached hydrogen (secondary N) is 4. The van der Waals surface area contributed by atoms with Gasteiger partial charge in [-0.3, -0.25) is 9.52 Å². The molecule has 4 rings (SSSR count). The second kappa shape index (κ2) is 10.5. The van der Waals surface area contributed by atoms with Gasteiger partial charge in [0.15, 0.2) is 0 Å². The molecule has 0 bridgehead atoms. The number of sulfonamides is 1. The second-order valence-electron chi connectivity index (χ2n) is 7.48. The van der Waals surface area contributed by atoms with Crippen LogP contribution in [-0.4, -0.2) is 20.4 Å². The van der Waals surface area contributed by atoms with Gasteiger partial charge in [0.1, 0.15) is 0 Å². The summed E-state index contributed by atoms with van der Waals surface area (Å²) in [7, 11) is -3.78. The van der Waals surface area contributed by atoms with Crippen LogP contribution in [0.25, 0.3) is 0 Å². The standard InChI is InChI=1S/C26H22N4O4S/c31-25(19-9-7-14-23(17-19)30-35(33,34)24-15-5-2-6-16-24)27-21-12-8-13-22(18-21)29-26(32)28-20-10-3-1-4-11-20/h1-18,30H,(H,27,31)(H2,28,29,32). The number of benzene rings is 4. The fourth-order valence-electron chi connectivity index (χ4n) is 3.23. The van der Waals surface area contributed by atoms with Crippen LogP contribution in [0.15, 0.2) is 114 Å². The molecule has 0 spiro atoms. The molecule has 0 aliphatic heterocycles. The van der Waals surface area contributed by atoms with E-state index in [2.05, 4.69) is 20.7 Å². The Hall–Kier alpha value is -4.63. The smallest absolute Gasteiger partial charge is 0.322 e. The van der Waals surface area contributed by atoms with E-state index in [0.29, 0.717) is 17.1 Å². The van der Waals surface area contributed by atoms with Crippen LogP contribution >= 0.6 is 0 Å². The maximum Gasteiger partial charge on any atom is 0.323 e. The predicted octanol–water partition coefficient (Wildman–Crippen LogP) is 5.38. The molecule has 0 heterocycles. The van der Waals surface area contributed by atoms with Gasteiger partial charge < -0.3 is 16.0 Å². The number of urea groups is 1. The minimum Gasteiger partial charge on any atom is -0.322 e. The van der Waals surface area contributed by atoms with E-state index in [0.717, 1.165) is 0 Å². The number of anilines is 4. The first-order valence-electron chi connectivity index (χ1n) is 10.6. The number of carbonyl (C=O) groups is 2. The molecular formula is C26H22N4O4S. The first-order valence-corrected chi connectivity index (χ1v) is 12.1. The third-order valence-electron chi connectivity index (χ3n) is 4.84. The lowest BCUT2D eigenvalue weighted by Crippen LogP contribution is -2.19. The van der Waals surface area contributed by atoms with Crippen molar-refractivity contribution in [1.82, 2.24) is 0 Å². The van der Waals surface area contributed by atoms with E-state index >= 15 is 0 Å². The van der Waals surface area contributed by atoms with Crippen LogP contribution in [0.2, 0.25) is 0 Å². The number of hydrogen-bond acceptors (Lipinski definition) is 4. The largest absolute Gasteiger partial charge is 0.323 e. The molecule has 0 radical (unpaired) electrons. The van der Waals surface area contributed by atoms with Gasteiger partial charge in [-0.1, -0.05) is 48.5 Å². The maximum atomic E-state index is 12.8. The number of carbonyl (C=O) groups excluding carboxylic acids is 2. The number of para-hydroxylation sites is 1. The van der Waals surface area contributed by atoms with Crippen molar-refractivity contribution in [1.29, 1.82) is 0 Å². The van der Waals surface area contributed by atoms with Crippen molar-refractivity contribution >= 4 is 44.7 Å². The maximum absolute atomic E-state index is 12.8. The van der Waals surface area contributed by atoms with Gasteiger partial charge in [0.25, 0.3) is 15.9 Å². The Kier molecular flexibility index (Phi) is 7.08. The fraction of sp³-hybridized carbons (Fsp3) is 0. The van der Waals surface area contributed by atoms with Gasteiger partial charge in [0.05, 0.1) is 4.90 Å². The van der Waals surface area contributed by atoms with E-state index in [-0.39, 0.29) is 16.1 Å². The van der Waals surface area contributed by atoms with Crippen molar-refractivity contribution in [3.05, 3.63) is 115 Å². The second-order valence-corrected chi connectivity index (χ2v) is 9.16. The summed E-state index contributed by atoms with van der Waals surface area (Å²) in [5, 5.41) is 8.19. The molecule has 4 N–H and O–H groups in total. The summed E-state index contributed by atoms with van der Waals surface area (Å²) in [6.07, 6.45) is 0. The Balaban J connectivity index is 1.41. The molecule has 0 aliphatic rings. The van der Waals surface area contributed by atoms with Crippen molar-refractivity contribution < 1.29 is 18.0 Å². The highest BCUT2D eigenvalue weighted by Crippen LogP contribution is 2.20. The van der Waals surface area contributed by atoms with Gasteiger partial charge in [-0.15, -0.1) is 0 Å². The minimum absolute atomic E-state index is 0.121. The molecule has 0 aromatic heterocycles. The van der Waals surface area contributed by atoms with Crippen molar-refractivity contribution in [2.45, 2.75) is 4.90 Å². The Labute approximate surface area is 203 Å². The molecule has 4 aromatic rings. The number of rotatable bonds is 7. The predicted molar refractivity (Wildman–Crippen MR) is 137 cm³/mol. The topological polar surface area (TPSA) is 116 Å². The molecule has 35 heavy (non-hydrogen) atoms. The molecule has 0 aliphatic carbocycles. The SMILES string of the molecule is O=C(Nc1ccccc1)Nc1cccc(NC(=O)c2cccc(NS(=O)(=O)c3ccccc3)c2)c1. The molecule has 176 valence electrons. The van der Waals surface area contributed by atoms with Crippen LogP contribution < -0.4 is 20.7 Å². The Morgan fingerprint density at radius 1 is 0.543 bits per heavy atom. The quantitative estimate of drug-likeness (QED) is 0.280. The lowest BCUT2D eigenvalue weighted by Gasteiger charge is -2.11. The average Bonchev–Trinajstić information content (AvgIpc) is 2.85. The Morgan fingerprint density at radius 2 is 1.09 bits per heavy atom. The monoisotopic (exact) mass is 486 g/mol. The average molecular weight is 487 g/mol. The first kappa shape index (κ1) is 23.5. The van der Waals surface area contributed by atoms with Crippen LogP contribution in [0.5, 0.6) is 0 Å². The molecule has 3 amide bonds. The fourth-order valence-corrected chi connectivity index (χ4v) is 4.30. The third kappa shape index (κ3) is 6.46. The molecule has 0 saturated carbocycles. The molecule has 4 aromatic carbocycles. The summed E-state index contributed by atoms with van der Waals surface area (Å²) in [4.78, 5) is 25.1. The van der Waals surface area contributed by atoms with Crippen LogP contribution in [0.4, 0.5) is 27.5 Å². The molecular weight excluding hydrogens is 464 g/mol. The van der Waals surface area contributed by atoms with E-state index in [4.69, 9.17) is 0 Å². The molecule has 8 nitrogen and oxygen atoms in total. The van der Waals surface area contributed by atoms with Gasteiger partial charge in [0, 0.05) is 28.3 Å². The van der Waals surface area contributed by atoms with Gasteiger partial charge in [-0.05, 0) is 60.7 Å². The van der Waals surface area contributed by atoms with Crippen molar-refractivity contribution in [2.24, 2.45) is 0 Å². The lowest BCUT2D eigenvalue weighted by molar-refractivity contribution is 0.102. The Bertz CT molecular complexity index is 1440. The van der Waals surface area contributed by atoms with Gasteiger partial charge in [-0.2, -0.15) is 0 Å². The van der Waals surface area contributed by atoms with E-state index in [1.54, 1.807) is 72.8 Å². The van der Waals surface area contributed by atoms with Crippen molar-refractivity contribution in [3.8, 4) is 0 Å². The number of hydrogen-bond donors (Lipinski definition) is 4. The zero-order valence-electron chi connectivity index (χ0n) is 18.4. The van der Waals surface area contributed by atoms with Crippen LogP contribution in [0.3, 0.4) is 0 Å². The highest BCUT2D eigenvalue weighted by atomic mass is 32.2. The summed E-state index contributed by atoms with van der Waals surface area (Å²) in [6, 6.07) is 29.4. The lowest BCUT2D eigenvalue weighted by atomic mass is 10.2. The summed E-state index contributed by atoms with van der Waals surface area (Å²) in [5.41, 5.74) is 2.12. The molecule has 0 atom stereocenters. The van der Waals surface area contributed by atoms with E-state index in [1.807, 2.05) is 18.2 Å². The third-order valence-corrected chi connectivity index (χ3v) is 6.24.